The van der Waals surface area contributed by atoms with Gasteiger partial charge >= 0.3 is 11.9 Å². The van der Waals surface area contributed by atoms with Crippen LogP contribution in [0, 0.1) is 0 Å². The zero-order valence-corrected chi connectivity index (χ0v) is 6.37. The molecular formula is C8H8O4. The fourth-order valence-corrected chi connectivity index (χ4v) is 0.442. The lowest BCUT2D eigenvalue weighted by Crippen LogP contribution is -2.14. The molecule has 4 nitrogen and oxygen atoms in total. The molecule has 0 aromatic rings. The number of hydrogen-bond donors (Lipinski definition) is 1. The highest BCUT2D eigenvalue weighted by molar-refractivity contribution is 6.12. The third kappa shape index (κ3) is 2.86. The van der Waals surface area contributed by atoms with Crippen LogP contribution < -0.4 is 0 Å². The van der Waals surface area contributed by atoms with Crippen molar-refractivity contribution in [2.24, 2.45) is 0 Å². The predicted molar refractivity (Wildman–Crippen MR) is 41.4 cm³/mol. The summed E-state index contributed by atoms with van der Waals surface area (Å²) in [4.78, 5) is 21.1. The first-order valence-electron chi connectivity index (χ1n) is 3.04. The maximum Gasteiger partial charge on any atom is 0.353 e. The van der Waals surface area contributed by atoms with Gasteiger partial charge in [-0.1, -0.05) is 19.2 Å². The van der Waals surface area contributed by atoms with Gasteiger partial charge in [0, 0.05) is 0 Å². The van der Waals surface area contributed by atoms with Crippen molar-refractivity contribution < 1.29 is 19.4 Å². The Labute approximate surface area is 69.5 Å². The third-order valence-electron chi connectivity index (χ3n) is 0.927. The number of carboxylic acid groups (broad SMARTS) is 1. The van der Waals surface area contributed by atoms with E-state index in [-0.39, 0.29) is 6.61 Å². The zero-order chi connectivity index (χ0) is 9.56. The first-order chi connectivity index (χ1) is 5.63. The largest absolute Gasteiger partial charge is 0.477 e. The third-order valence-corrected chi connectivity index (χ3v) is 0.927. The molecule has 0 aliphatic rings. The second-order valence-electron chi connectivity index (χ2n) is 1.74. The van der Waals surface area contributed by atoms with E-state index in [1.165, 1.54) is 6.08 Å². The zero-order valence-electron chi connectivity index (χ0n) is 6.37. The summed E-state index contributed by atoms with van der Waals surface area (Å²) in [6, 6.07) is 0. The van der Waals surface area contributed by atoms with Crippen LogP contribution in [-0.2, 0) is 14.3 Å². The molecular weight excluding hydrogens is 160 g/mol. The number of ether oxygens (including phenoxy) is 1. The number of carboxylic acids is 1. The lowest BCUT2D eigenvalue weighted by Gasteiger charge is -1.98. The molecule has 0 aromatic heterocycles. The molecule has 0 aliphatic heterocycles. The molecule has 0 radical (unpaired) electrons. The van der Waals surface area contributed by atoms with E-state index in [1.54, 1.807) is 0 Å². The Balaban J connectivity index is 4.35. The SMILES string of the molecule is C=C=C(C(=O)O)C(=O)OCC=C. The molecule has 0 rings (SSSR count). The van der Waals surface area contributed by atoms with Crippen LogP contribution >= 0.6 is 0 Å². The topological polar surface area (TPSA) is 63.6 Å². The van der Waals surface area contributed by atoms with Crippen LogP contribution in [0.15, 0.2) is 30.5 Å². The van der Waals surface area contributed by atoms with Crippen LogP contribution in [0.3, 0.4) is 0 Å². The van der Waals surface area contributed by atoms with Crippen molar-refractivity contribution in [3.8, 4) is 0 Å². The van der Waals surface area contributed by atoms with Crippen molar-refractivity contribution >= 4 is 11.9 Å². The first kappa shape index (κ1) is 10.2. The Morgan fingerprint density at radius 2 is 2.17 bits per heavy atom. The number of esters is 1. The molecule has 0 aromatic carbocycles. The fourth-order valence-electron chi connectivity index (χ4n) is 0.442. The van der Waals surface area contributed by atoms with E-state index >= 15 is 0 Å². The number of carbonyl (C=O) groups excluding carboxylic acids is 1. The van der Waals surface area contributed by atoms with Gasteiger partial charge in [0.05, 0.1) is 0 Å². The lowest BCUT2D eigenvalue weighted by molar-refractivity contribution is -0.143. The molecule has 0 amide bonds. The van der Waals surface area contributed by atoms with Gasteiger partial charge in [-0.2, -0.15) is 0 Å². The highest BCUT2D eigenvalue weighted by Crippen LogP contribution is 1.95. The van der Waals surface area contributed by atoms with Gasteiger partial charge in [-0.15, -0.1) is 5.73 Å². The molecule has 0 atom stereocenters. The summed E-state index contributed by atoms with van der Waals surface area (Å²) in [5, 5.41) is 8.38. The van der Waals surface area contributed by atoms with E-state index in [1.807, 2.05) is 5.73 Å². The number of carbonyl (C=O) groups is 2. The average Bonchev–Trinajstić information content (AvgIpc) is 2.01. The van der Waals surface area contributed by atoms with Gasteiger partial charge in [0.15, 0.2) is 5.57 Å². The summed E-state index contributed by atoms with van der Waals surface area (Å²) in [6.07, 6.45) is 1.33. The van der Waals surface area contributed by atoms with Crippen LogP contribution in [0.5, 0.6) is 0 Å². The molecule has 0 heterocycles. The monoisotopic (exact) mass is 168 g/mol. The van der Waals surface area contributed by atoms with Crippen LogP contribution in [0.2, 0.25) is 0 Å². The van der Waals surface area contributed by atoms with Crippen molar-refractivity contribution in [3.63, 3.8) is 0 Å². The minimum absolute atomic E-state index is 0.0305. The molecule has 64 valence electrons. The molecule has 0 unspecified atom stereocenters. The van der Waals surface area contributed by atoms with Gasteiger partial charge < -0.3 is 9.84 Å². The van der Waals surface area contributed by atoms with E-state index in [0.717, 1.165) is 0 Å². The molecule has 0 aliphatic carbocycles. The molecule has 4 heteroatoms. The molecule has 0 saturated carbocycles. The van der Waals surface area contributed by atoms with Gasteiger partial charge in [-0.05, 0) is 0 Å². The normalized spacial score (nSPS) is 8.00. The second-order valence-corrected chi connectivity index (χ2v) is 1.74. The summed E-state index contributed by atoms with van der Waals surface area (Å²) < 4.78 is 4.43. The van der Waals surface area contributed by atoms with Gasteiger partial charge in [0.2, 0.25) is 0 Å². The second kappa shape index (κ2) is 4.93. The van der Waals surface area contributed by atoms with E-state index in [0.29, 0.717) is 0 Å². The Hall–Kier alpha value is -1.80. The van der Waals surface area contributed by atoms with E-state index in [9.17, 15) is 9.59 Å². The maximum absolute atomic E-state index is 10.8. The maximum atomic E-state index is 10.8. The summed E-state index contributed by atoms with van der Waals surface area (Å²) in [5.74, 6) is -2.36. The van der Waals surface area contributed by atoms with Crippen LogP contribution in [0.4, 0.5) is 0 Å². The van der Waals surface area contributed by atoms with Crippen molar-refractivity contribution in [3.05, 3.63) is 30.5 Å². The Bertz CT molecular complexity index is 258. The highest BCUT2D eigenvalue weighted by atomic mass is 16.5. The Morgan fingerprint density at radius 3 is 2.50 bits per heavy atom. The average molecular weight is 168 g/mol. The van der Waals surface area contributed by atoms with Crippen molar-refractivity contribution in [2.45, 2.75) is 0 Å². The standard InChI is InChI=1S/C8H8O4/c1-3-5-12-8(11)6(4-2)7(9)10/h3H,1-2,5H2,(H,9,10). The Morgan fingerprint density at radius 1 is 1.58 bits per heavy atom. The van der Waals surface area contributed by atoms with Crippen molar-refractivity contribution in [2.75, 3.05) is 6.61 Å². The van der Waals surface area contributed by atoms with Crippen molar-refractivity contribution in [1.29, 1.82) is 0 Å². The molecule has 12 heavy (non-hydrogen) atoms. The minimum Gasteiger partial charge on any atom is -0.477 e. The van der Waals surface area contributed by atoms with Gasteiger partial charge in [0.25, 0.3) is 0 Å². The van der Waals surface area contributed by atoms with Gasteiger partial charge in [-0.3, -0.25) is 0 Å². The quantitative estimate of drug-likeness (QED) is 0.166. The van der Waals surface area contributed by atoms with Crippen LogP contribution in [0.25, 0.3) is 0 Å². The summed E-state index contributed by atoms with van der Waals surface area (Å²) in [5.41, 5.74) is 1.37. The molecule has 0 fully saturated rings. The summed E-state index contributed by atoms with van der Waals surface area (Å²) >= 11 is 0. The van der Waals surface area contributed by atoms with Crippen LogP contribution in [-0.4, -0.2) is 23.7 Å². The molecule has 0 saturated heterocycles. The van der Waals surface area contributed by atoms with Gasteiger partial charge in [-0.25, -0.2) is 9.59 Å². The van der Waals surface area contributed by atoms with E-state index < -0.39 is 17.5 Å². The molecule has 0 bridgehead atoms. The smallest absolute Gasteiger partial charge is 0.353 e. The predicted octanol–water partition coefficient (Wildman–Crippen LogP) is 0.511. The molecule has 0 spiro atoms. The summed E-state index contributed by atoms with van der Waals surface area (Å²) in [7, 11) is 0. The minimum atomic E-state index is -1.40. The highest BCUT2D eigenvalue weighted by Gasteiger charge is 2.17. The van der Waals surface area contributed by atoms with E-state index in [4.69, 9.17) is 5.11 Å². The van der Waals surface area contributed by atoms with Crippen LogP contribution in [0.1, 0.15) is 0 Å². The number of aliphatic carboxylic acids is 1. The lowest BCUT2D eigenvalue weighted by atomic mass is 10.3. The Kier molecular flexibility index (Phi) is 4.19. The first-order valence-corrected chi connectivity index (χ1v) is 3.04. The van der Waals surface area contributed by atoms with Crippen molar-refractivity contribution in [1.82, 2.24) is 0 Å². The fraction of sp³-hybridized carbons (Fsp3) is 0.125. The molecule has 1 N–H and O–H groups in total. The number of hydrogen-bond acceptors (Lipinski definition) is 3. The summed E-state index contributed by atoms with van der Waals surface area (Å²) in [6.45, 7) is 6.30. The van der Waals surface area contributed by atoms with E-state index in [2.05, 4.69) is 17.9 Å². The van der Waals surface area contributed by atoms with Gasteiger partial charge in [0.1, 0.15) is 6.61 Å². The number of rotatable bonds is 4.